The molecule has 56 valence electrons. The van der Waals surface area contributed by atoms with E-state index in [9.17, 15) is 0 Å². The first-order valence-corrected chi connectivity index (χ1v) is 5.05. The maximum Gasteiger partial charge on any atom is -0.00189 e. The van der Waals surface area contributed by atoms with Crippen LogP contribution in [0.25, 0.3) is 0 Å². The SMILES string of the molecule is C=CC12C3[C@@H]4[C@H]5C[C@@H]([C@H]34)[C@@H]1[C@H]52. The first kappa shape index (κ1) is 4.69. The minimum atomic E-state index is 0.753. The second-order valence-corrected chi connectivity index (χ2v) is 5.50. The van der Waals surface area contributed by atoms with Crippen molar-refractivity contribution in [3.8, 4) is 0 Å². The lowest BCUT2D eigenvalue weighted by Gasteiger charge is -2.05. The molecule has 0 aliphatic heterocycles. The molecule has 11 heavy (non-hydrogen) atoms. The molecule has 0 heterocycles. The van der Waals surface area contributed by atoms with Crippen LogP contribution in [0.3, 0.4) is 0 Å². The highest BCUT2D eigenvalue weighted by Crippen LogP contribution is 3.00. The largest absolute Gasteiger partial charge is 0.102 e. The van der Waals surface area contributed by atoms with Gasteiger partial charge in [0, 0.05) is 0 Å². The highest BCUT2D eigenvalue weighted by atomic mass is 15.0. The third-order valence-electron chi connectivity index (χ3n) is 5.95. The summed E-state index contributed by atoms with van der Waals surface area (Å²) in [7, 11) is 0. The van der Waals surface area contributed by atoms with Gasteiger partial charge in [-0.2, -0.15) is 0 Å². The van der Waals surface area contributed by atoms with Gasteiger partial charge in [0.15, 0.2) is 0 Å². The highest BCUT2D eigenvalue weighted by Gasteiger charge is 2.96. The molecule has 0 aromatic rings. The normalized spacial score (nSPS) is 89.3. The summed E-state index contributed by atoms with van der Waals surface area (Å²) < 4.78 is 0. The summed E-state index contributed by atoms with van der Waals surface area (Å²) in [6, 6.07) is 0. The molecule has 0 N–H and O–H groups in total. The van der Waals surface area contributed by atoms with Crippen molar-refractivity contribution in [2.75, 3.05) is 0 Å². The smallest absolute Gasteiger partial charge is 0.00189 e. The molecule has 6 rings (SSSR count). The van der Waals surface area contributed by atoms with Crippen LogP contribution in [0.2, 0.25) is 0 Å². The summed E-state index contributed by atoms with van der Waals surface area (Å²) in [4.78, 5) is 0. The van der Waals surface area contributed by atoms with E-state index in [0.717, 1.165) is 17.3 Å². The third kappa shape index (κ3) is 0.210. The molecule has 0 spiro atoms. The lowest BCUT2D eigenvalue weighted by molar-refractivity contribution is 0.434. The van der Waals surface area contributed by atoms with Gasteiger partial charge in [0.25, 0.3) is 0 Å². The molecule has 0 aromatic heterocycles. The average Bonchev–Trinajstić information content (AvgIpc) is 2.79. The van der Waals surface area contributed by atoms with E-state index < -0.39 is 0 Å². The molecular formula is C11H12. The quantitative estimate of drug-likeness (QED) is 0.493. The predicted molar refractivity (Wildman–Crippen MR) is 41.7 cm³/mol. The molecule has 0 aromatic carbocycles. The highest BCUT2D eigenvalue weighted by molar-refractivity contribution is 5.47. The Morgan fingerprint density at radius 1 is 1.09 bits per heavy atom. The van der Waals surface area contributed by atoms with Gasteiger partial charge in [-0.25, -0.2) is 0 Å². The van der Waals surface area contributed by atoms with Crippen LogP contribution in [0.15, 0.2) is 12.7 Å². The Kier molecular flexibility index (Phi) is 0.384. The van der Waals surface area contributed by atoms with E-state index in [1.807, 2.05) is 0 Å². The third-order valence-corrected chi connectivity index (χ3v) is 5.95. The molecule has 6 aliphatic rings. The van der Waals surface area contributed by atoms with E-state index in [2.05, 4.69) is 12.7 Å². The molecule has 8 atom stereocenters. The van der Waals surface area contributed by atoms with Gasteiger partial charge in [0.1, 0.15) is 0 Å². The second kappa shape index (κ2) is 0.901. The van der Waals surface area contributed by atoms with Crippen molar-refractivity contribution < 1.29 is 0 Å². The van der Waals surface area contributed by atoms with E-state index in [1.54, 1.807) is 6.42 Å². The Balaban J connectivity index is 1.91. The summed E-state index contributed by atoms with van der Waals surface area (Å²) in [6.45, 7) is 4.07. The van der Waals surface area contributed by atoms with Crippen LogP contribution in [-0.2, 0) is 0 Å². The summed E-state index contributed by atoms with van der Waals surface area (Å²) in [5.41, 5.74) is 0.753. The lowest BCUT2D eigenvalue weighted by Crippen LogP contribution is -2.00. The minimum Gasteiger partial charge on any atom is -0.102 e. The Morgan fingerprint density at radius 3 is 2.00 bits per heavy atom. The second-order valence-electron chi connectivity index (χ2n) is 5.50. The van der Waals surface area contributed by atoms with Gasteiger partial charge in [-0.1, -0.05) is 6.08 Å². The number of hydrogen-bond acceptors (Lipinski definition) is 0. The Bertz CT molecular complexity index is 276. The maximum absolute atomic E-state index is 4.07. The zero-order valence-electron chi connectivity index (χ0n) is 6.53. The topological polar surface area (TPSA) is 0 Å². The summed E-state index contributed by atoms with van der Waals surface area (Å²) in [5.74, 6) is 8.30. The average molecular weight is 144 g/mol. The molecular weight excluding hydrogens is 132 g/mol. The van der Waals surface area contributed by atoms with Crippen molar-refractivity contribution in [1.82, 2.24) is 0 Å². The molecule has 6 aliphatic carbocycles. The first-order valence-electron chi connectivity index (χ1n) is 5.05. The fourth-order valence-electron chi connectivity index (χ4n) is 6.14. The molecule has 0 saturated heterocycles. The van der Waals surface area contributed by atoms with Gasteiger partial charge in [-0.3, -0.25) is 0 Å². The number of rotatable bonds is 1. The van der Waals surface area contributed by atoms with Crippen molar-refractivity contribution in [1.29, 1.82) is 0 Å². The number of hydrogen-bond donors (Lipinski definition) is 0. The Morgan fingerprint density at radius 2 is 1.73 bits per heavy atom. The van der Waals surface area contributed by atoms with Gasteiger partial charge in [-0.15, -0.1) is 6.58 Å². The van der Waals surface area contributed by atoms with Crippen molar-refractivity contribution in [2.24, 2.45) is 46.8 Å². The molecule has 0 amide bonds. The molecule has 6 fully saturated rings. The van der Waals surface area contributed by atoms with Crippen LogP contribution in [0, 0.1) is 46.8 Å². The van der Waals surface area contributed by atoms with Crippen molar-refractivity contribution in [3.63, 3.8) is 0 Å². The van der Waals surface area contributed by atoms with Crippen LogP contribution in [0.5, 0.6) is 0 Å². The van der Waals surface area contributed by atoms with Gasteiger partial charge >= 0.3 is 0 Å². The molecule has 2 unspecified atom stereocenters. The van der Waals surface area contributed by atoms with Crippen LogP contribution in [-0.4, -0.2) is 0 Å². The van der Waals surface area contributed by atoms with E-state index in [1.165, 1.54) is 29.6 Å². The van der Waals surface area contributed by atoms with Gasteiger partial charge in [0.05, 0.1) is 0 Å². The molecule has 0 radical (unpaired) electrons. The van der Waals surface area contributed by atoms with E-state index in [0.29, 0.717) is 0 Å². The molecule has 0 nitrogen and oxygen atoms in total. The van der Waals surface area contributed by atoms with Crippen molar-refractivity contribution in [2.45, 2.75) is 6.42 Å². The van der Waals surface area contributed by atoms with Crippen LogP contribution in [0.4, 0.5) is 0 Å². The zero-order valence-corrected chi connectivity index (χ0v) is 6.53. The molecule has 0 heteroatoms. The van der Waals surface area contributed by atoms with Crippen LogP contribution in [0.1, 0.15) is 6.42 Å². The van der Waals surface area contributed by atoms with Crippen LogP contribution >= 0.6 is 0 Å². The Hall–Kier alpha value is -0.260. The summed E-state index contributed by atoms with van der Waals surface area (Å²) >= 11 is 0. The minimum absolute atomic E-state index is 0.753. The van der Waals surface area contributed by atoms with Gasteiger partial charge in [0.2, 0.25) is 0 Å². The monoisotopic (exact) mass is 144 g/mol. The summed E-state index contributed by atoms with van der Waals surface area (Å²) in [6.07, 6.45) is 3.97. The van der Waals surface area contributed by atoms with E-state index in [4.69, 9.17) is 0 Å². The Labute approximate surface area is 66.7 Å². The number of allylic oxidation sites excluding steroid dienone is 1. The van der Waals surface area contributed by atoms with Crippen molar-refractivity contribution >= 4 is 0 Å². The van der Waals surface area contributed by atoms with Crippen molar-refractivity contribution in [3.05, 3.63) is 12.7 Å². The van der Waals surface area contributed by atoms with Crippen LogP contribution < -0.4 is 0 Å². The first-order chi connectivity index (χ1) is 5.41. The standard InChI is InChI=1S/C11H12/c1-2-11-8-4-3-5(9(8)11)7-6(4)10(7)11/h2,4-10H,1,3H2/t4-,5+,6-,7+,8+,9-,10?,11?. The fourth-order valence-corrected chi connectivity index (χ4v) is 6.14. The fraction of sp³-hybridized carbons (Fsp3) is 0.818. The zero-order chi connectivity index (χ0) is 6.96. The van der Waals surface area contributed by atoms with Gasteiger partial charge in [-0.05, 0) is 53.3 Å². The van der Waals surface area contributed by atoms with Gasteiger partial charge < -0.3 is 0 Å². The van der Waals surface area contributed by atoms with E-state index >= 15 is 0 Å². The summed E-state index contributed by atoms with van der Waals surface area (Å²) in [5, 5.41) is 0. The lowest BCUT2D eigenvalue weighted by atomic mass is 9.99. The molecule has 2 bridgehead atoms. The maximum atomic E-state index is 4.07. The molecule has 6 saturated carbocycles. The predicted octanol–water partition coefficient (Wildman–Crippen LogP) is 1.93. The van der Waals surface area contributed by atoms with E-state index in [-0.39, 0.29) is 0 Å².